The molecular weight excluding hydrogens is 256 g/mol. The minimum atomic E-state index is -0.461. The summed E-state index contributed by atoms with van der Waals surface area (Å²) in [5, 5.41) is 10.6. The third kappa shape index (κ3) is 3.77. The van der Waals surface area contributed by atoms with Gasteiger partial charge in [-0.15, -0.1) is 0 Å². The van der Waals surface area contributed by atoms with Crippen LogP contribution in [-0.4, -0.2) is 20.1 Å². The first-order valence-electron chi connectivity index (χ1n) is 5.30. The molecular formula is C12H13ClN2OS. The van der Waals surface area contributed by atoms with E-state index in [1.165, 1.54) is 11.8 Å². The van der Waals surface area contributed by atoms with Gasteiger partial charge in [-0.3, -0.25) is 0 Å². The molecule has 3 nitrogen and oxygen atoms in total. The minimum Gasteiger partial charge on any atom is -0.382 e. The molecule has 0 bridgehead atoms. The Morgan fingerprint density at radius 1 is 1.41 bits per heavy atom. The number of thioether (sulfide) groups is 1. The lowest BCUT2D eigenvalue weighted by Crippen LogP contribution is -2.06. The van der Waals surface area contributed by atoms with Gasteiger partial charge in [0.1, 0.15) is 5.44 Å². The van der Waals surface area contributed by atoms with Crippen LogP contribution >= 0.6 is 23.4 Å². The molecule has 0 saturated heterocycles. The number of aliphatic hydroxyl groups excluding tert-OH is 1. The van der Waals surface area contributed by atoms with Crippen LogP contribution < -0.4 is 0 Å². The normalized spacial score (nSPS) is 12.6. The minimum absolute atomic E-state index is 0.461. The van der Waals surface area contributed by atoms with Crippen molar-refractivity contribution in [1.82, 2.24) is 9.55 Å². The lowest BCUT2D eigenvalue weighted by molar-refractivity contribution is 0.245. The molecule has 1 atom stereocenters. The van der Waals surface area contributed by atoms with Crippen LogP contribution in [0.4, 0.5) is 0 Å². The molecule has 90 valence electrons. The Morgan fingerprint density at radius 3 is 2.94 bits per heavy atom. The van der Waals surface area contributed by atoms with E-state index in [0.717, 1.165) is 11.4 Å². The lowest BCUT2D eigenvalue weighted by atomic mass is 10.4. The van der Waals surface area contributed by atoms with Crippen LogP contribution in [0.5, 0.6) is 0 Å². The number of hydrogen-bond donors (Lipinski definition) is 1. The van der Waals surface area contributed by atoms with Crippen LogP contribution in [0.2, 0.25) is 5.02 Å². The van der Waals surface area contributed by atoms with Gasteiger partial charge in [0.15, 0.2) is 0 Å². The Kier molecular flexibility index (Phi) is 4.48. The zero-order valence-corrected chi connectivity index (χ0v) is 10.7. The van der Waals surface area contributed by atoms with E-state index < -0.39 is 5.44 Å². The second-order valence-electron chi connectivity index (χ2n) is 3.59. The van der Waals surface area contributed by atoms with Crippen molar-refractivity contribution in [2.75, 3.05) is 0 Å². The standard InChI is InChI=1S/C12H13ClN2OS/c13-10-3-1-2-4-11(10)17-12(16)5-7-15-8-6-14-9-15/h1-4,6,8-9,12,16H,5,7H2. The molecule has 0 aliphatic carbocycles. The van der Waals surface area contributed by atoms with E-state index in [2.05, 4.69) is 4.98 Å². The second kappa shape index (κ2) is 6.10. The van der Waals surface area contributed by atoms with Crippen molar-refractivity contribution in [3.8, 4) is 0 Å². The summed E-state index contributed by atoms with van der Waals surface area (Å²) in [6, 6.07) is 7.53. The summed E-state index contributed by atoms with van der Waals surface area (Å²) < 4.78 is 1.94. The molecule has 1 aromatic heterocycles. The highest BCUT2D eigenvalue weighted by Gasteiger charge is 2.08. The molecule has 0 aliphatic rings. The molecule has 5 heteroatoms. The maximum absolute atomic E-state index is 9.90. The second-order valence-corrected chi connectivity index (χ2v) is 5.22. The van der Waals surface area contributed by atoms with Gasteiger partial charge >= 0.3 is 0 Å². The van der Waals surface area contributed by atoms with Crippen LogP contribution in [0, 0.1) is 0 Å². The summed E-state index contributed by atoms with van der Waals surface area (Å²) in [7, 11) is 0. The highest BCUT2D eigenvalue weighted by atomic mass is 35.5. The van der Waals surface area contributed by atoms with Crippen molar-refractivity contribution >= 4 is 23.4 Å². The maximum Gasteiger partial charge on any atom is 0.106 e. The molecule has 0 amide bonds. The Bertz CT molecular complexity index is 461. The van der Waals surface area contributed by atoms with Gasteiger partial charge in [0.2, 0.25) is 0 Å². The van der Waals surface area contributed by atoms with Crippen molar-refractivity contribution in [1.29, 1.82) is 0 Å². The summed E-state index contributed by atoms with van der Waals surface area (Å²) in [5.74, 6) is 0. The molecule has 2 aromatic rings. The van der Waals surface area contributed by atoms with Gasteiger partial charge in [-0.05, 0) is 12.1 Å². The number of nitrogens with zero attached hydrogens (tertiary/aromatic N) is 2. The zero-order chi connectivity index (χ0) is 12.1. The van der Waals surface area contributed by atoms with Gasteiger partial charge in [-0.1, -0.05) is 35.5 Å². The first-order valence-corrected chi connectivity index (χ1v) is 6.56. The zero-order valence-electron chi connectivity index (χ0n) is 9.16. The van der Waals surface area contributed by atoms with Gasteiger partial charge < -0.3 is 9.67 Å². The summed E-state index contributed by atoms with van der Waals surface area (Å²) in [6.07, 6.45) is 6.01. The fourth-order valence-corrected chi connectivity index (χ4v) is 2.55. The molecule has 1 N–H and O–H groups in total. The van der Waals surface area contributed by atoms with Gasteiger partial charge in [-0.2, -0.15) is 0 Å². The van der Waals surface area contributed by atoms with E-state index in [1.54, 1.807) is 12.5 Å². The first-order chi connectivity index (χ1) is 8.25. The maximum atomic E-state index is 9.90. The van der Waals surface area contributed by atoms with Gasteiger partial charge in [0, 0.05) is 30.3 Å². The van der Waals surface area contributed by atoms with Crippen molar-refractivity contribution < 1.29 is 5.11 Å². The third-order valence-corrected chi connectivity index (χ3v) is 3.85. The Morgan fingerprint density at radius 2 is 2.24 bits per heavy atom. The molecule has 0 spiro atoms. The van der Waals surface area contributed by atoms with E-state index in [0.29, 0.717) is 11.4 Å². The predicted molar refractivity (Wildman–Crippen MR) is 70.2 cm³/mol. The van der Waals surface area contributed by atoms with E-state index >= 15 is 0 Å². The predicted octanol–water partition coefficient (Wildman–Crippen LogP) is 3.04. The molecule has 0 radical (unpaired) electrons. The van der Waals surface area contributed by atoms with Crippen LogP contribution in [0.1, 0.15) is 6.42 Å². The Labute approximate surface area is 109 Å². The number of hydrogen-bond acceptors (Lipinski definition) is 3. The number of aryl methyl sites for hydroxylation is 1. The topological polar surface area (TPSA) is 38.0 Å². The highest BCUT2D eigenvalue weighted by molar-refractivity contribution is 7.99. The Hall–Kier alpha value is -0.970. The number of aliphatic hydroxyl groups is 1. The molecule has 1 aromatic carbocycles. The highest BCUT2D eigenvalue weighted by Crippen LogP contribution is 2.30. The smallest absolute Gasteiger partial charge is 0.106 e. The third-order valence-electron chi connectivity index (χ3n) is 2.29. The lowest BCUT2D eigenvalue weighted by Gasteiger charge is -2.11. The van der Waals surface area contributed by atoms with Crippen LogP contribution in [-0.2, 0) is 6.54 Å². The number of halogens is 1. The number of imidazole rings is 1. The fraction of sp³-hybridized carbons (Fsp3) is 0.250. The van der Waals surface area contributed by atoms with Crippen LogP contribution in [0.15, 0.2) is 47.9 Å². The molecule has 0 saturated carbocycles. The van der Waals surface area contributed by atoms with Gasteiger partial charge in [0.25, 0.3) is 0 Å². The summed E-state index contributed by atoms with van der Waals surface area (Å²) in [6.45, 7) is 0.749. The number of rotatable bonds is 5. The van der Waals surface area contributed by atoms with Crippen LogP contribution in [0.3, 0.4) is 0 Å². The van der Waals surface area contributed by atoms with E-state index in [4.69, 9.17) is 11.6 Å². The number of aromatic nitrogens is 2. The molecule has 1 heterocycles. The largest absolute Gasteiger partial charge is 0.382 e. The van der Waals surface area contributed by atoms with Crippen molar-refractivity contribution in [2.24, 2.45) is 0 Å². The van der Waals surface area contributed by atoms with Crippen LogP contribution in [0.25, 0.3) is 0 Å². The molecule has 1 unspecified atom stereocenters. The molecule has 0 fully saturated rings. The fourth-order valence-electron chi connectivity index (χ4n) is 1.42. The van der Waals surface area contributed by atoms with E-state index in [-0.39, 0.29) is 0 Å². The summed E-state index contributed by atoms with van der Waals surface area (Å²) >= 11 is 7.40. The van der Waals surface area contributed by atoms with Gasteiger partial charge in [-0.25, -0.2) is 4.98 Å². The first kappa shape index (κ1) is 12.5. The quantitative estimate of drug-likeness (QED) is 0.669. The molecule has 2 rings (SSSR count). The average molecular weight is 269 g/mol. The van der Waals surface area contributed by atoms with Crippen molar-refractivity contribution in [3.05, 3.63) is 48.0 Å². The number of benzene rings is 1. The van der Waals surface area contributed by atoms with Crippen molar-refractivity contribution in [2.45, 2.75) is 23.3 Å². The Balaban J connectivity index is 1.85. The van der Waals surface area contributed by atoms with E-state index in [9.17, 15) is 5.11 Å². The molecule has 17 heavy (non-hydrogen) atoms. The SMILES string of the molecule is OC(CCn1ccnc1)Sc1ccccc1Cl. The average Bonchev–Trinajstić information content (AvgIpc) is 2.82. The summed E-state index contributed by atoms with van der Waals surface area (Å²) in [5.41, 5.74) is -0.461. The van der Waals surface area contributed by atoms with Crippen molar-refractivity contribution in [3.63, 3.8) is 0 Å². The summed E-state index contributed by atoms with van der Waals surface area (Å²) in [4.78, 5) is 4.86. The van der Waals surface area contributed by atoms with E-state index in [1.807, 2.05) is 35.0 Å². The van der Waals surface area contributed by atoms with Gasteiger partial charge in [0.05, 0.1) is 11.3 Å². The monoisotopic (exact) mass is 268 g/mol. The molecule has 0 aliphatic heterocycles.